The Morgan fingerprint density at radius 3 is 2.88 bits per heavy atom. The lowest BCUT2D eigenvalue weighted by Gasteiger charge is -2.18. The van der Waals surface area contributed by atoms with Crippen LogP contribution < -0.4 is 5.73 Å². The maximum atomic E-state index is 11.8. The minimum atomic E-state index is 0.207. The Hall–Kier alpha value is -1.22. The van der Waals surface area contributed by atoms with Crippen LogP contribution in [-0.2, 0) is 11.3 Å². The second-order valence-corrected chi connectivity index (χ2v) is 4.73. The lowest BCUT2D eigenvalue weighted by atomic mass is 10.2. The minimum Gasteiger partial charge on any atom is -0.399 e. The highest BCUT2D eigenvalue weighted by Crippen LogP contribution is 2.31. The van der Waals surface area contributed by atoms with Crippen LogP contribution in [0, 0.1) is 5.92 Å². The second kappa shape index (κ2) is 4.34. The van der Waals surface area contributed by atoms with Gasteiger partial charge < -0.3 is 10.6 Å². The van der Waals surface area contributed by atoms with Crippen molar-refractivity contribution in [3.63, 3.8) is 0 Å². The molecule has 1 aromatic carbocycles. The number of rotatable bonds is 3. The average molecular weight is 239 g/mol. The van der Waals surface area contributed by atoms with Crippen molar-refractivity contribution in [2.75, 3.05) is 12.8 Å². The third-order valence-electron chi connectivity index (χ3n) is 2.78. The van der Waals surface area contributed by atoms with E-state index in [1.165, 1.54) is 0 Å². The summed E-state index contributed by atoms with van der Waals surface area (Å²) in [6.07, 6.45) is 2.04. The third kappa shape index (κ3) is 2.47. The Morgan fingerprint density at radius 1 is 1.56 bits per heavy atom. The lowest BCUT2D eigenvalue weighted by Crippen LogP contribution is -2.27. The molecular weight excluding hydrogens is 224 g/mol. The van der Waals surface area contributed by atoms with Crippen LogP contribution in [0.25, 0.3) is 0 Å². The van der Waals surface area contributed by atoms with Gasteiger partial charge in [0.2, 0.25) is 5.91 Å². The summed E-state index contributed by atoms with van der Waals surface area (Å²) in [7, 11) is 1.81. The Labute approximate surface area is 100 Å². The topological polar surface area (TPSA) is 46.3 Å². The van der Waals surface area contributed by atoms with Crippen molar-refractivity contribution < 1.29 is 4.79 Å². The molecule has 0 radical (unpaired) electrons. The van der Waals surface area contributed by atoms with Gasteiger partial charge in [-0.15, -0.1) is 0 Å². The number of halogens is 1. The molecule has 3 nitrogen and oxygen atoms in total. The molecule has 0 atom stereocenters. The van der Waals surface area contributed by atoms with Crippen LogP contribution in [0.2, 0.25) is 5.02 Å². The third-order valence-corrected chi connectivity index (χ3v) is 3.15. The standard InChI is InChI=1S/C12H15ClN2O/c1-15(12(16)8-2-3-8)7-9-6-10(14)4-5-11(9)13/h4-6,8H,2-3,7,14H2,1H3. The molecular formula is C12H15ClN2O. The molecule has 4 heteroatoms. The zero-order valence-electron chi connectivity index (χ0n) is 9.24. The Bertz CT molecular complexity index is 415. The molecule has 0 aliphatic heterocycles. The van der Waals surface area contributed by atoms with Crippen molar-refractivity contribution in [3.05, 3.63) is 28.8 Å². The number of benzene rings is 1. The first-order valence-corrected chi connectivity index (χ1v) is 5.74. The van der Waals surface area contributed by atoms with Crippen molar-refractivity contribution in [3.8, 4) is 0 Å². The molecule has 0 aromatic heterocycles. The smallest absolute Gasteiger partial charge is 0.225 e. The van der Waals surface area contributed by atoms with Gasteiger partial charge in [0.25, 0.3) is 0 Å². The number of anilines is 1. The summed E-state index contributed by atoms with van der Waals surface area (Å²) in [6.45, 7) is 0.527. The monoisotopic (exact) mass is 238 g/mol. The zero-order chi connectivity index (χ0) is 11.7. The first-order valence-electron chi connectivity index (χ1n) is 5.37. The van der Waals surface area contributed by atoms with Gasteiger partial charge in [-0.3, -0.25) is 4.79 Å². The van der Waals surface area contributed by atoms with E-state index in [1.54, 1.807) is 24.1 Å². The van der Waals surface area contributed by atoms with Crippen LogP contribution in [0.3, 0.4) is 0 Å². The summed E-state index contributed by atoms with van der Waals surface area (Å²) >= 11 is 6.05. The molecule has 0 heterocycles. The molecule has 0 spiro atoms. The molecule has 2 rings (SSSR count). The number of hydrogen-bond donors (Lipinski definition) is 1. The first kappa shape index (κ1) is 11.3. The lowest BCUT2D eigenvalue weighted by molar-refractivity contribution is -0.131. The van der Waals surface area contributed by atoms with E-state index in [9.17, 15) is 4.79 Å². The van der Waals surface area contributed by atoms with E-state index in [0.29, 0.717) is 17.3 Å². The fourth-order valence-corrected chi connectivity index (χ4v) is 1.87. The summed E-state index contributed by atoms with van der Waals surface area (Å²) in [4.78, 5) is 13.5. The van der Waals surface area contributed by atoms with E-state index >= 15 is 0 Å². The molecule has 1 fully saturated rings. The van der Waals surface area contributed by atoms with E-state index in [0.717, 1.165) is 18.4 Å². The highest BCUT2D eigenvalue weighted by Gasteiger charge is 2.32. The van der Waals surface area contributed by atoms with E-state index in [-0.39, 0.29) is 11.8 Å². The normalized spacial score (nSPS) is 14.9. The number of nitrogens with two attached hydrogens (primary N) is 1. The molecule has 1 aromatic rings. The maximum Gasteiger partial charge on any atom is 0.225 e. The van der Waals surface area contributed by atoms with Crippen LogP contribution in [0.15, 0.2) is 18.2 Å². The van der Waals surface area contributed by atoms with Crippen molar-refractivity contribution >= 4 is 23.2 Å². The van der Waals surface area contributed by atoms with Crippen molar-refractivity contribution in [1.29, 1.82) is 0 Å². The number of nitrogens with zero attached hydrogens (tertiary/aromatic N) is 1. The average Bonchev–Trinajstić information content (AvgIpc) is 3.06. The van der Waals surface area contributed by atoms with E-state index in [4.69, 9.17) is 17.3 Å². The van der Waals surface area contributed by atoms with Gasteiger partial charge in [-0.2, -0.15) is 0 Å². The predicted molar refractivity (Wildman–Crippen MR) is 65.1 cm³/mol. The Morgan fingerprint density at radius 2 is 2.25 bits per heavy atom. The second-order valence-electron chi connectivity index (χ2n) is 4.32. The highest BCUT2D eigenvalue weighted by atomic mass is 35.5. The van der Waals surface area contributed by atoms with Crippen LogP contribution in [-0.4, -0.2) is 17.9 Å². The van der Waals surface area contributed by atoms with Gasteiger partial charge in [0.1, 0.15) is 0 Å². The minimum absolute atomic E-state index is 0.207. The van der Waals surface area contributed by atoms with Gasteiger partial charge in [0.05, 0.1) is 0 Å². The van der Waals surface area contributed by atoms with Gasteiger partial charge in [-0.1, -0.05) is 11.6 Å². The number of carbonyl (C=O) groups is 1. The van der Waals surface area contributed by atoms with Gasteiger partial charge in [-0.05, 0) is 36.6 Å². The Balaban J connectivity index is 2.07. The molecule has 1 aliphatic carbocycles. The van der Waals surface area contributed by atoms with Gasteiger partial charge in [-0.25, -0.2) is 0 Å². The van der Waals surface area contributed by atoms with E-state index in [2.05, 4.69) is 0 Å². The van der Waals surface area contributed by atoms with Crippen molar-refractivity contribution in [2.24, 2.45) is 5.92 Å². The maximum absolute atomic E-state index is 11.8. The molecule has 1 saturated carbocycles. The SMILES string of the molecule is CN(Cc1cc(N)ccc1Cl)C(=O)C1CC1. The van der Waals surface area contributed by atoms with Crippen LogP contribution >= 0.6 is 11.6 Å². The van der Waals surface area contributed by atoms with Crippen LogP contribution in [0.4, 0.5) is 5.69 Å². The fourth-order valence-electron chi connectivity index (χ4n) is 1.69. The molecule has 1 amide bonds. The van der Waals surface area contributed by atoms with Gasteiger partial charge >= 0.3 is 0 Å². The fraction of sp³-hybridized carbons (Fsp3) is 0.417. The molecule has 0 unspecified atom stereocenters. The molecule has 16 heavy (non-hydrogen) atoms. The summed E-state index contributed by atoms with van der Waals surface area (Å²) in [5.41, 5.74) is 7.26. The number of hydrogen-bond acceptors (Lipinski definition) is 2. The largest absolute Gasteiger partial charge is 0.399 e. The predicted octanol–water partition coefficient (Wildman–Crippen LogP) is 2.29. The molecule has 86 valence electrons. The zero-order valence-corrected chi connectivity index (χ0v) is 10.00. The number of nitrogen functional groups attached to an aromatic ring is 1. The summed E-state index contributed by atoms with van der Waals surface area (Å²) in [5.74, 6) is 0.448. The number of amides is 1. The van der Waals surface area contributed by atoms with Crippen molar-refractivity contribution in [1.82, 2.24) is 4.90 Å². The van der Waals surface area contributed by atoms with Gasteiger partial charge in [0, 0.05) is 30.2 Å². The summed E-state index contributed by atoms with van der Waals surface area (Å²) in [5, 5.41) is 0.657. The van der Waals surface area contributed by atoms with E-state index < -0.39 is 0 Å². The molecule has 1 aliphatic rings. The number of carbonyl (C=O) groups excluding carboxylic acids is 1. The van der Waals surface area contributed by atoms with Crippen LogP contribution in [0.1, 0.15) is 18.4 Å². The molecule has 2 N–H and O–H groups in total. The highest BCUT2D eigenvalue weighted by molar-refractivity contribution is 6.31. The van der Waals surface area contributed by atoms with Crippen molar-refractivity contribution in [2.45, 2.75) is 19.4 Å². The van der Waals surface area contributed by atoms with E-state index in [1.807, 2.05) is 6.07 Å². The Kier molecular flexibility index (Phi) is 3.06. The first-order chi connectivity index (χ1) is 7.58. The molecule has 0 bridgehead atoms. The van der Waals surface area contributed by atoms with Gasteiger partial charge in [0.15, 0.2) is 0 Å². The van der Waals surface area contributed by atoms with Crippen LogP contribution in [0.5, 0.6) is 0 Å². The summed E-state index contributed by atoms with van der Waals surface area (Å²) in [6, 6.07) is 5.34. The molecule has 0 saturated heterocycles. The summed E-state index contributed by atoms with van der Waals surface area (Å²) < 4.78 is 0. The quantitative estimate of drug-likeness (QED) is 0.822.